The molecule has 24 heavy (non-hydrogen) atoms. The minimum absolute atomic E-state index is 0. The van der Waals surface area contributed by atoms with Gasteiger partial charge in [-0.1, -0.05) is 13.8 Å². The van der Waals surface area contributed by atoms with Crippen LogP contribution in [0.3, 0.4) is 0 Å². The molecule has 5 nitrogen and oxygen atoms in total. The Hall–Kier alpha value is -1.43. The molecule has 1 aromatic carbocycles. The fourth-order valence-corrected chi connectivity index (χ4v) is 2.99. The summed E-state index contributed by atoms with van der Waals surface area (Å²) < 4.78 is 5.59. The molecule has 0 bridgehead atoms. The van der Waals surface area contributed by atoms with Crippen LogP contribution in [0.2, 0.25) is 0 Å². The van der Waals surface area contributed by atoms with Gasteiger partial charge in [0, 0.05) is 24.7 Å². The van der Waals surface area contributed by atoms with Gasteiger partial charge < -0.3 is 20.4 Å². The van der Waals surface area contributed by atoms with Gasteiger partial charge in [0.1, 0.15) is 5.75 Å². The van der Waals surface area contributed by atoms with E-state index in [1.165, 1.54) is 0 Å². The number of pyridine rings is 1. The van der Waals surface area contributed by atoms with Crippen LogP contribution in [0, 0.1) is 0 Å². The van der Waals surface area contributed by atoms with Crippen molar-refractivity contribution in [2.24, 2.45) is 0 Å². The van der Waals surface area contributed by atoms with Gasteiger partial charge in [-0.25, -0.2) is 0 Å². The highest BCUT2D eigenvalue weighted by molar-refractivity contribution is 5.98. The normalized spacial score (nSPS) is 12.8. The smallest absolute Gasteiger partial charge is 0.253 e. The van der Waals surface area contributed by atoms with Crippen molar-refractivity contribution >= 4 is 41.4 Å². The zero-order chi connectivity index (χ0) is 15.7. The summed E-state index contributed by atoms with van der Waals surface area (Å²) in [4.78, 5) is 15.3. The van der Waals surface area contributed by atoms with Crippen molar-refractivity contribution in [2.75, 3.05) is 19.0 Å². The van der Waals surface area contributed by atoms with Crippen molar-refractivity contribution in [3.63, 3.8) is 0 Å². The number of H-pyrrole nitrogens is 1. The Morgan fingerprint density at radius 3 is 2.71 bits per heavy atom. The second-order valence-electron chi connectivity index (χ2n) is 6.09. The summed E-state index contributed by atoms with van der Waals surface area (Å²) in [6.07, 6.45) is 1.80. The Bertz CT molecular complexity index is 760. The Balaban J connectivity index is 0.00000144. The summed E-state index contributed by atoms with van der Waals surface area (Å²) in [7, 11) is 1.68. The van der Waals surface area contributed by atoms with Gasteiger partial charge in [-0.3, -0.25) is 4.79 Å². The van der Waals surface area contributed by atoms with E-state index in [1.54, 1.807) is 7.11 Å². The number of hydrogen-bond acceptors (Lipinski definition) is 4. The molecule has 0 saturated heterocycles. The van der Waals surface area contributed by atoms with Gasteiger partial charge in [0.05, 0.1) is 23.7 Å². The summed E-state index contributed by atoms with van der Waals surface area (Å²) in [5, 5.41) is 7.74. The summed E-state index contributed by atoms with van der Waals surface area (Å²) in [5.41, 5.74) is 3.71. The second-order valence-corrected chi connectivity index (χ2v) is 6.09. The lowest BCUT2D eigenvalue weighted by molar-refractivity contribution is 0.419. The van der Waals surface area contributed by atoms with Crippen molar-refractivity contribution in [3.05, 3.63) is 33.6 Å². The fraction of sp³-hybridized carbons (Fsp3) is 0.471. The first-order valence-electron chi connectivity index (χ1n) is 7.83. The largest absolute Gasteiger partial charge is 0.496 e. The molecule has 7 heteroatoms. The van der Waals surface area contributed by atoms with Crippen molar-refractivity contribution in [1.82, 2.24) is 10.3 Å². The van der Waals surface area contributed by atoms with Gasteiger partial charge in [-0.05, 0) is 30.5 Å². The number of nitrogens with one attached hydrogen (secondary N) is 3. The van der Waals surface area contributed by atoms with Gasteiger partial charge in [-0.15, -0.1) is 24.8 Å². The summed E-state index contributed by atoms with van der Waals surface area (Å²) in [5.74, 6) is 0.806. The first kappa shape index (κ1) is 20.6. The van der Waals surface area contributed by atoms with Crippen LogP contribution in [0.15, 0.2) is 16.9 Å². The van der Waals surface area contributed by atoms with Crippen molar-refractivity contribution in [2.45, 2.75) is 39.3 Å². The average Bonchev–Trinajstić information content (AvgIpc) is 2.52. The van der Waals surface area contributed by atoms with Crippen LogP contribution in [-0.4, -0.2) is 24.7 Å². The van der Waals surface area contributed by atoms with Gasteiger partial charge in [-0.2, -0.15) is 0 Å². The van der Waals surface area contributed by atoms with Crippen molar-refractivity contribution in [1.29, 1.82) is 0 Å². The van der Waals surface area contributed by atoms with E-state index in [-0.39, 0.29) is 30.4 Å². The Morgan fingerprint density at radius 1 is 1.29 bits per heavy atom. The number of aromatic nitrogens is 1. The lowest BCUT2D eigenvalue weighted by Crippen LogP contribution is -2.23. The average molecular weight is 374 g/mol. The first-order valence-corrected chi connectivity index (χ1v) is 7.83. The van der Waals surface area contributed by atoms with Crippen LogP contribution >= 0.6 is 24.8 Å². The van der Waals surface area contributed by atoms with Crippen molar-refractivity contribution < 1.29 is 4.74 Å². The fourth-order valence-electron chi connectivity index (χ4n) is 2.99. The predicted molar refractivity (Wildman–Crippen MR) is 104 cm³/mol. The number of methoxy groups -OCH3 is 1. The van der Waals surface area contributed by atoms with Crippen molar-refractivity contribution in [3.8, 4) is 5.75 Å². The number of ether oxygens (including phenoxy) is 1. The minimum atomic E-state index is 0. The van der Waals surface area contributed by atoms with Crippen LogP contribution in [-0.2, 0) is 13.0 Å². The number of hydrogen-bond donors (Lipinski definition) is 3. The lowest BCUT2D eigenvalue weighted by atomic mass is 9.99. The number of anilines is 1. The van der Waals surface area contributed by atoms with Gasteiger partial charge >= 0.3 is 0 Å². The van der Waals surface area contributed by atoms with E-state index >= 15 is 0 Å². The minimum Gasteiger partial charge on any atom is -0.496 e. The van der Waals surface area contributed by atoms with Gasteiger partial charge in [0.25, 0.3) is 5.56 Å². The molecule has 0 saturated carbocycles. The monoisotopic (exact) mass is 373 g/mol. The molecule has 0 aliphatic carbocycles. The second kappa shape index (κ2) is 8.60. The number of fused-ring (bicyclic) bond motifs is 3. The zero-order valence-corrected chi connectivity index (χ0v) is 15.8. The summed E-state index contributed by atoms with van der Waals surface area (Å²) >= 11 is 0. The number of aromatic amines is 1. The highest BCUT2D eigenvalue weighted by Gasteiger charge is 2.19. The maximum atomic E-state index is 12.3. The quantitative estimate of drug-likeness (QED) is 0.769. The molecule has 0 spiro atoms. The Morgan fingerprint density at radius 2 is 2.04 bits per heavy atom. The third-order valence-electron chi connectivity index (χ3n) is 4.08. The Labute approximate surface area is 154 Å². The molecule has 134 valence electrons. The molecule has 0 radical (unpaired) electrons. The number of benzene rings is 1. The number of rotatable bonds is 4. The van der Waals surface area contributed by atoms with E-state index < -0.39 is 0 Å². The highest BCUT2D eigenvalue weighted by atomic mass is 35.5. The van der Waals surface area contributed by atoms with Crippen LogP contribution in [0.25, 0.3) is 10.9 Å². The molecule has 0 unspecified atom stereocenters. The lowest BCUT2D eigenvalue weighted by Gasteiger charge is -2.21. The molecule has 3 N–H and O–H groups in total. The molecule has 0 amide bonds. The third kappa shape index (κ3) is 3.97. The van der Waals surface area contributed by atoms with Gasteiger partial charge in [0.15, 0.2) is 0 Å². The van der Waals surface area contributed by atoms with E-state index in [4.69, 9.17) is 4.74 Å². The topological polar surface area (TPSA) is 66.1 Å². The van der Waals surface area contributed by atoms with Crippen LogP contribution in [0.5, 0.6) is 5.75 Å². The van der Waals surface area contributed by atoms with Crippen LogP contribution < -0.4 is 20.9 Å². The molecule has 2 aromatic rings. The number of halogens is 2. The molecular weight excluding hydrogens is 349 g/mol. The van der Waals surface area contributed by atoms with E-state index in [0.717, 1.165) is 59.4 Å². The predicted octanol–water partition coefficient (Wildman–Crippen LogP) is 3.24. The standard InChI is InChI=1S/C17H23N3O2.2ClH/c1-10(2)19-9-11-7-13-15(14(8-11)22-3)16-12(17(21)20-13)5-4-6-18-16;;/h7-8,10,18-19H,4-6,9H2,1-3H3,(H,20,21);2*1H. The maximum absolute atomic E-state index is 12.3. The SMILES string of the molecule is COc1cc(CNC(C)C)cc2[nH]c(=O)c3c(c12)NCCC3.Cl.Cl. The summed E-state index contributed by atoms with van der Waals surface area (Å²) in [6, 6.07) is 4.49. The summed E-state index contributed by atoms with van der Waals surface area (Å²) in [6.45, 7) is 5.86. The van der Waals surface area contributed by atoms with E-state index in [9.17, 15) is 4.79 Å². The van der Waals surface area contributed by atoms with E-state index in [0.29, 0.717) is 6.04 Å². The van der Waals surface area contributed by atoms with Crippen LogP contribution in [0.4, 0.5) is 5.69 Å². The Kier molecular flexibility index (Phi) is 7.39. The maximum Gasteiger partial charge on any atom is 0.253 e. The molecule has 2 heterocycles. The van der Waals surface area contributed by atoms with E-state index in [1.807, 2.05) is 12.1 Å². The van der Waals surface area contributed by atoms with Crippen LogP contribution in [0.1, 0.15) is 31.4 Å². The molecule has 0 fully saturated rings. The third-order valence-corrected chi connectivity index (χ3v) is 4.08. The van der Waals surface area contributed by atoms with E-state index in [2.05, 4.69) is 29.5 Å². The molecule has 3 rings (SSSR count). The molecular formula is C17H25Cl2N3O2. The molecule has 1 aromatic heterocycles. The highest BCUT2D eigenvalue weighted by Crippen LogP contribution is 2.35. The zero-order valence-electron chi connectivity index (χ0n) is 14.2. The molecule has 0 atom stereocenters. The van der Waals surface area contributed by atoms with Gasteiger partial charge in [0.2, 0.25) is 0 Å². The molecule has 1 aliphatic heterocycles. The molecule has 1 aliphatic rings. The first-order chi connectivity index (χ1) is 10.6.